The van der Waals surface area contributed by atoms with Crippen molar-refractivity contribution in [2.75, 3.05) is 7.11 Å². The molecule has 0 saturated carbocycles. The highest BCUT2D eigenvalue weighted by atomic mass is 19.4. The molecule has 1 aromatic carbocycles. The molecule has 0 bridgehead atoms. The Balaban J connectivity index is 1.86. The second-order valence-corrected chi connectivity index (χ2v) is 8.02. The fourth-order valence-corrected chi connectivity index (χ4v) is 4.01. The van der Waals surface area contributed by atoms with Crippen LogP contribution in [0, 0.1) is 0 Å². The van der Waals surface area contributed by atoms with E-state index in [2.05, 4.69) is 10.1 Å². The number of benzene rings is 1. The van der Waals surface area contributed by atoms with Crippen molar-refractivity contribution in [3.8, 4) is 11.4 Å². The molecule has 4 rings (SSSR count). The van der Waals surface area contributed by atoms with Gasteiger partial charge in [-0.2, -0.15) is 18.3 Å². The zero-order valence-corrected chi connectivity index (χ0v) is 19.7. The van der Waals surface area contributed by atoms with Crippen molar-refractivity contribution >= 4 is 17.3 Å². The zero-order valence-electron chi connectivity index (χ0n) is 19.7. The minimum atomic E-state index is -4.48. The van der Waals surface area contributed by atoms with Gasteiger partial charge in [-0.05, 0) is 31.0 Å². The highest BCUT2D eigenvalue weighted by Gasteiger charge is 2.30. The molecule has 0 spiro atoms. The number of aryl methyl sites for hydroxylation is 1. The molecule has 0 amide bonds. The van der Waals surface area contributed by atoms with E-state index in [1.807, 2.05) is 6.92 Å². The van der Waals surface area contributed by atoms with Gasteiger partial charge in [0, 0.05) is 19.3 Å². The summed E-state index contributed by atoms with van der Waals surface area (Å²) in [4.78, 5) is 43.3. The predicted molar refractivity (Wildman–Crippen MR) is 124 cm³/mol. The number of carbonyl (C=O) groups is 1. The number of fused-ring (bicyclic) bond motifs is 1. The van der Waals surface area contributed by atoms with Gasteiger partial charge in [0.05, 0.1) is 31.0 Å². The third-order valence-corrected chi connectivity index (χ3v) is 5.64. The maximum atomic E-state index is 13.2. The Morgan fingerprint density at radius 1 is 1.14 bits per heavy atom. The first-order chi connectivity index (χ1) is 17.1. The summed E-state index contributed by atoms with van der Waals surface area (Å²) in [6.07, 6.45) is -1.99. The molecule has 0 atom stereocenters. The molecule has 3 aromatic heterocycles. The smallest absolute Gasteiger partial charge is 0.420 e. The van der Waals surface area contributed by atoms with Crippen molar-refractivity contribution in [2.45, 2.75) is 46.1 Å². The molecular weight excluding hydrogens is 481 g/mol. The van der Waals surface area contributed by atoms with E-state index in [1.165, 1.54) is 33.8 Å². The van der Waals surface area contributed by atoms with Gasteiger partial charge in [-0.25, -0.2) is 19.1 Å². The summed E-state index contributed by atoms with van der Waals surface area (Å²) in [6.45, 7) is 3.90. The molecule has 0 fully saturated rings. The summed E-state index contributed by atoms with van der Waals surface area (Å²) < 4.78 is 48.8. The first-order valence-electron chi connectivity index (χ1n) is 11.1. The number of ether oxygens (including phenoxy) is 1. The van der Waals surface area contributed by atoms with Gasteiger partial charge in [0.15, 0.2) is 17.0 Å². The minimum Gasteiger partial charge on any atom is -0.452 e. The number of imidazole rings is 1. The molecule has 0 N–H and O–H groups in total. The zero-order chi connectivity index (χ0) is 26.2. The van der Waals surface area contributed by atoms with Crippen LogP contribution in [0.1, 0.15) is 31.4 Å². The van der Waals surface area contributed by atoms with Crippen LogP contribution in [0.3, 0.4) is 0 Å². The van der Waals surface area contributed by atoms with Crippen LogP contribution in [0.4, 0.5) is 18.0 Å². The fourth-order valence-electron chi connectivity index (χ4n) is 4.01. The first-order valence-corrected chi connectivity index (χ1v) is 11.1. The molecule has 36 heavy (non-hydrogen) atoms. The van der Waals surface area contributed by atoms with E-state index in [0.29, 0.717) is 17.5 Å². The van der Waals surface area contributed by atoms with Crippen LogP contribution in [0.2, 0.25) is 0 Å². The van der Waals surface area contributed by atoms with E-state index in [9.17, 15) is 27.6 Å². The second-order valence-electron chi connectivity index (χ2n) is 8.02. The Hall–Kier alpha value is -4.16. The molecule has 13 heteroatoms. The summed E-state index contributed by atoms with van der Waals surface area (Å²) in [6, 6.07) is 4.86. The molecule has 0 aliphatic rings. The summed E-state index contributed by atoms with van der Waals surface area (Å²) in [5.41, 5.74) is -1.42. The Bertz CT molecular complexity index is 1560. The molecule has 3 heterocycles. The van der Waals surface area contributed by atoms with Gasteiger partial charge < -0.3 is 4.74 Å². The minimum absolute atomic E-state index is 0.0140. The van der Waals surface area contributed by atoms with E-state index in [4.69, 9.17) is 4.74 Å². The van der Waals surface area contributed by atoms with E-state index in [1.54, 1.807) is 6.92 Å². The summed E-state index contributed by atoms with van der Waals surface area (Å²) >= 11 is 0. The Morgan fingerprint density at radius 2 is 1.89 bits per heavy atom. The van der Waals surface area contributed by atoms with Crippen LogP contribution in [0.15, 0.2) is 46.2 Å². The number of methoxy groups -OCH3 is 1. The van der Waals surface area contributed by atoms with Gasteiger partial charge in [0.2, 0.25) is 0 Å². The van der Waals surface area contributed by atoms with Gasteiger partial charge >= 0.3 is 18.0 Å². The molecular formula is C23H23F3N6O4. The molecule has 190 valence electrons. The fraction of sp³-hybridized carbons (Fsp3) is 0.348. The van der Waals surface area contributed by atoms with E-state index >= 15 is 0 Å². The monoisotopic (exact) mass is 504 g/mol. The lowest BCUT2D eigenvalue weighted by Gasteiger charge is -2.10. The molecule has 0 unspecified atom stereocenters. The highest BCUT2D eigenvalue weighted by Crippen LogP contribution is 2.30. The number of halogens is 3. The average molecular weight is 504 g/mol. The maximum absolute atomic E-state index is 13.2. The van der Waals surface area contributed by atoms with Gasteiger partial charge in [-0.3, -0.25) is 18.6 Å². The van der Waals surface area contributed by atoms with Gasteiger partial charge in [-0.15, -0.1) is 0 Å². The van der Waals surface area contributed by atoms with E-state index < -0.39 is 29.1 Å². The van der Waals surface area contributed by atoms with Gasteiger partial charge in [-0.1, -0.05) is 19.1 Å². The maximum Gasteiger partial charge on any atom is 0.420 e. The molecule has 4 aromatic rings. The van der Waals surface area contributed by atoms with Crippen LogP contribution in [0.5, 0.6) is 0 Å². The van der Waals surface area contributed by atoms with Crippen molar-refractivity contribution in [1.29, 1.82) is 0 Å². The lowest BCUT2D eigenvalue weighted by molar-refractivity contribution is -0.137. The summed E-state index contributed by atoms with van der Waals surface area (Å²) in [7, 11) is 1.15. The molecule has 0 radical (unpaired) electrons. The number of nitrogens with zero attached hydrogens (tertiary/aromatic N) is 6. The van der Waals surface area contributed by atoms with Crippen LogP contribution in [0.25, 0.3) is 22.6 Å². The summed E-state index contributed by atoms with van der Waals surface area (Å²) in [5, 5.41) is 4.18. The lowest BCUT2D eigenvalue weighted by atomic mass is 10.1. The number of rotatable bonds is 6. The van der Waals surface area contributed by atoms with Crippen molar-refractivity contribution in [2.24, 2.45) is 0 Å². The number of alkyl halides is 3. The SMILES string of the molecule is CCCn1c(=O)c2c(nc(-c3cnn(Cc4cccc(C(F)(F)F)c4)c3)n2C(=O)OC)n(CC)c1=O. The average Bonchev–Trinajstić information content (AvgIpc) is 3.46. The topological polar surface area (TPSA) is 106 Å². The lowest BCUT2D eigenvalue weighted by Crippen LogP contribution is -2.40. The first kappa shape index (κ1) is 24.9. The van der Waals surface area contributed by atoms with Crippen molar-refractivity contribution in [1.82, 2.24) is 28.5 Å². The van der Waals surface area contributed by atoms with Crippen LogP contribution in [-0.2, 0) is 30.5 Å². The number of hydrogen-bond donors (Lipinski definition) is 0. The third kappa shape index (κ3) is 4.32. The molecule has 0 aliphatic carbocycles. The number of aromatic nitrogens is 6. The van der Waals surface area contributed by atoms with Crippen LogP contribution >= 0.6 is 0 Å². The van der Waals surface area contributed by atoms with Crippen molar-refractivity contribution < 1.29 is 22.7 Å². The van der Waals surface area contributed by atoms with E-state index in [0.717, 1.165) is 28.4 Å². The van der Waals surface area contributed by atoms with Gasteiger partial charge in [0.25, 0.3) is 5.56 Å². The Labute approximate surface area is 202 Å². The van der Waals surface area contributed by atoms with Crippen LogP contribution in [-0.4, -0.2) is 41.7 Å². The highest BCUT2D eigenvalue weighted by molar-refractivity contribution is 5.90. The van der Waals surface area contributed by atoms with Gasteiger partial charge in [0.1, 0.15) is 0 Å². The number of hydrogen-bond acceptors (Lipinski definition) is 6. The summed E-state index contributed by atoms with van der Waals surface area (Å²) in [5.74, 6) is 0.0140. The Kier molecular flexibility index (Phi) is 6.57. The van der Waals surface area contributed by atoms with Crippen molar-refractivity contribution in [3.63, 3.8) is 0 Å². The standard InChI is InChI=1S/C23H23F3N6O4/c1-4-9-31-20(33)17-19(30(5-2)21(31)34)28-18(32(17)22(35)36-3)15-11-27-29(13-15)12-14-7-6-8-16(10-14)23(24,25)26/h6-8,10-11,13H,4-5,9,12H2,1-3H3. The predicted octanol–water partition coefficient (Wildman–Crippen LogP) is 3.33. The Morgan fingerprint density at radius 3 is 2.53 bits per heavy atom. The van der Waals surface area contributed by atoms with Crippen LogP contribution < -0.4 is 11.2 Å². The van der Waals surface area contributed by atoms with E-state index in [-0.39, 0.29) is 36.6 Å². The molecule has 10 nitrogen and oxygen atoms in total. The molecule has 0 aliphatic heterocycles. The third-order valence-electron chi connectivity index (χ3n) is 5.64. The molecule has 0 saturated heterocycles. The van der Waals surface area contributed by atoms with Crippen molar-refractivity contribution in [3.05, 3.63) is 68.6 Å². The quantitative estimate of drug-likeness (QED) is 0.399. The number of carbonyl (C=O) groups excluding carboxylic acids is 1. The normalized spacial score (nSPS) is 11.8. The second kappa shape index (κ2) is 9.47. The largest absolute Gasteiger partial charge is 0.452 e.